The van der Waals surface area contributed by atoms with E-state index in [0.717, 1.165) is 29.0 Å². The van der Waals surface area contributed by atoms with Crippen LogP contribution in [-0.4, -0.2) is 39.2 Å². The maximum atomic E-state index is 12.1. The van der Waals surface area contributed by atoms with Crippen molar-refractivity contribution in [1.29, 1.82) is 0 Å². The first-order chi connectivity index (χ1) is 11.7. The second-order valence-electron chi connectivity index (χ2n) is 6.72. The van der Waals surface area contributed by atoms with Crippen LogP contribution in [0.25, 0.3) is 11.4 Å². The van der Waals surface area contributed by atoms with E-state index in [4.69, 9.17) is 0 Å². The summed E-state index contributed by atoms with van der Waals surface area (Å²) in [5.74, 6) is 2.94. The summed E-state index contributed by atoms with van der Waals surface area (Å²) in [5, 5.41) is 10.0. The molecule has 4 rings (SSSR count). The molecule has 7 heteroatoms. The molecule has 1 saturated carbocycles. The monoisotopic (exact) mass is 389 g/mol. The highest BCUT2D eigenvalue weighted by molar-refractivity contribution is 9.10. The quantitative estimate of drug-likeness (QED) is 0.824. The molecule has 24 heavy (non-hydrogen) atoms. The molecule has 0 bridgehead atoms. The van der Waals surface area contributed by atoms with Gasteiger partial charge in [-0.05, 0) is 30.4 Å². The van der Waals surface area contributed by atoms with Gasteiger partial charge in [-0.2, -0.15) is 5.10 Å². The van der Waals surface area contributed by atoms with Crippen LogP contribution >= 0.6 is 15.9 Å². The largest absolute Gasteiger partial charge is 0.331 e. The number of urea groups is 1. The molecule has 0 unspecified atom stereocenters. The molecule has 2 N–H and O–H groups in total. The third-order valence-electron chi connectivity index (χ3n) is 4.65. The number of rotatable bonds is 5. The van der Waals surface area contributed by atoms with Gasteiger partial charge in [0.05, 0.1) is 6.54 Å². The van der Waals surface area contributed by atoms with Crippen molar-refractivity contribution in [2.75, 3.05) is 13.1 Å². The van der Waals surface area contributed by atoms with Crippen LogP contribution in [0.5, 0.6) is 0 Å². The van der Waals surface area contributed by atoms with Crippen molar-refractivity contribution >= 4 is 22.0 Å². The van der Waals surface area contributed by atoms with E-state index in [9.17, 15) is 4.79 Å². The first-order valence-corrected chi connectivity index (χ1v) is 9.16. The van der Waals surface area contributed by atoms with Gasteiger partial charge in [-0.25, -0.2) is 9.78 Å². The van der Waals surface area contributed by atoms with Gasteiger partial charge in [0.25, 0.3) is 0 Å². The van der Waals surface area contributed by atoms with Gasteiger partial charge in [-0.1, -0.05) is 40.9 Å². The molecule has 6 nitrogen and oxygen atoms in total. The Morgan fingerprint density at radius 1 is 1.25 bits per heavy atom. The smallest absolute Gasteiger partial charge is 0.317 e. The van der Waals surface area contributed by atoms with Crippen molar-refractivity contribution in [3.63, 3.8) is 0 Å². The van der Waals surface area contributed by atoms with E-state index in [1.165, 1.54) is 19.3 Å². The Morgan fingerprint density at radius 2 is 2.00 bits per heavy atom. The molecule has 1 aliphatic carbocycles. The Hall–Kier alpha value is -1.89. The number of aromatic nitrogens is 3. The molecule has 2 aliphatic rings. The van der Waals surface area contributed by atoms with Crippen LogP contribution in [0.2, 0.25) is 0 Å². The van der Waals surface area contributed by atoms with Gasteiger partial charge < -0.3 is 10.2 Å². The maximum absolute atomic E-state index is 12.1. The van der Waals surface area contributed by atoms with Crippen LogP contribution in [-0.2, 0) is 6.54 Å². The zero-order valence-electron chi connectivity index (χ0n) is 13.3. The number of H-pyrrole nitrogens is 1. The van der Waals surface area contributed by atoms with Gasteiger partial charge in [-0.3, -0.25) is 5.10 Å². The standard InChI is InChI=1S/C17H20BrN5O/c18-14-5-3-13(4-6-14)16-20-15(21-22-16)8-19-17(24)23-9-12(10-23)7-11-1-2-11/h3-6,11-12H,1-2,7-10H2,(H,19,24)(H,20,21,22). The topological polar surface area (TPSA) is 73.9 Å². The molecule has 1 aromatic heterocycles. The molecule has 2 aromatic rings. The zero-order chi connectivity index (χ0) is 16.5. The van der Waals surface area contributed by atoms with Crippen molar-refractivity contribution in [2.45, 2.75) is 25.8 Å². The minimum atomic E-state index is -0.0105. The van der Waals surface area contributed by atoms with Crippen LogP contribution in [0.3, 0.4) is 0 Å². The molecule has 0 spiro atoms. The van der Waals surface area contributed by atoms with Crippen molar-refractivity contribution < 1.29 is 4.79 Å². The number of likely N-dealkylation sites (tertiary alicyclic amines) is 1. The lowest BCUT2D eigenvalue weighted by Crippen LogP contribution is -2.53. The van der Waals surface area contributed by atoms with E-state index in [1.807, 2.05) is 29.2 Å². The fraction of sp³-hybridized carbons (Fsp3) is 0.471. The Balaban J connectivity index is 1.25. The fourth-order valence-corrected chi connectivity index (χ4v) is 3.35. The lowest BCUT2D eigenvalue weighted by Gasteiger charge is -2.39. The van der Waals surface area contributed by atoms with E-state index >= 15 is 0 Å². The summed E-state index contributed by atoms with van der Waals surface area (Å²) in [4.78, 5) is 18.4. The average Bonchev–Trinajstić information content (AvgIpc) is 3.24. The minimum absolute atomic E-state index is 0.0105. The van der Waals surface area contributed by atoms with Crippen LogP contribution < -0.4 is 5.32 Å². The van der Waals surface area contributed by atoms with E-state index in [-0.39, 0.29) is 6.03 Å². The SMILES string of the molecule is O=C(NCc1nc(-c2ccc(Br)cc2)n[nH]1)N1CC(CC2CC2)C1. The number of nitrogens with one attached hydrogen (secondary N) is 2. The highest BCUT2D eigenvalue weighted by Crippen LogP contribution is 2.37. The fourth-order valence-electron chi connectivity index (χ4n) is 3.08. The third-order valence-corrected chi connectivity index (χ3v) is 5.18. The summed E-state index contributed by atoms with van der Waals surface area (Å²) in [6, 6.07) is 7.80. The Labute approximate surface area is 149 Å². The highest BCUT2D eigenvalue weighted by atomic mass is 79.9. The van der Waals surface area contributed by atoms with Crippen LogP contribution in [0, 0.1) is 11.8 Å². The molecule has 2 amide bonds. The summed E-state index contributed by atoms with van der Waals surface area (Å²) in [6.07, 6.45) is 4.06. The van der Waals surface area contributed by atoms with Crippen LogP contribution in [0.15, 0.2) is 28.7 Å². The Kier molecular flexibility index (Phi) is 4.26. The third kappa shape index (κ3) is 3.61. The summed E-state index contributed by atoms with van der Waals surface area (Å²) >= 11 is 3.41. The average molecular weight is 390 g/mol. The van der Waals surface area contributed by atoms with E-state index in [1.54, 1.807) is 0 Å². The van der Waals surface area contributed by atoms with Gasteiger partial charge in [0.15, 0.2) is 5.82 Å². The first-order valence-electron chi connectivity index (χ1n) is 8.37. The zero-order valence-corrected chi connectivity index (χ0v) is 14.9. The summed E-state index contributed by atoms with van der Waals surface area (Å²) < 4.78 is 1.02. The molecule has 0 atom stereocenters. The number of halogens is 1. The van der Waals surface area contributed by atoms with Crippen molar-refractivity contribution in [1.82, 2.24) is 25.4 Å². The second-order valence-corrected chi connectivity index (χ2v) is 7.64. The number of amides is 2. The number of benzene rings is 1. The van der Waals surface area contributed by atoms with Gasteiger partial charge in [-0.15, -0.1) is 0 Å². The molecular weight excluding hydrogens is 370 g/mol. The predicted octanol–water partition coefficient (Wildman–Crippen LogP) is 3.18. The second kappa shape index (κ2) is 6.55. The molecule has 2 heterocycles. The molecule has 1 aliphatic heterocycles. The maximum Gasteiger partial charge on any atom is 0.317 e. The number of carbonyl (C=O) groups excluding carboxylic acids is 1. The lowest BCUT2D eigenvalue weighted by molar-refractivity contribution is 0.112. The van der Waals surface area contributed by atoms with Gasteiger partial charge >= 0.3 is 6.03 Å². The van der Waals surface area contributed by atoms with Crippen LogP contribution in [0.1, 0.15) is 25.1 Å². The number of hydrogen-bond acceptors (Lipinski definition) is 3. The van der Waals surface area contributed by atoms with Gasteiger partial charge in [0.1, 0.15) is 5.82 Å². The van der Waals surface area contributed by atoms with Crippen molar-refractivity contribution in [2.24, 2.45) is 11.8 Å². The van der Waals surface area contributed by atoms with Crippen LogP contribution in [0.4, 0.5) is 4.79 Å². The van der Waals surface area contributed by atoms with E-state index in [2.05, 4.69) is 36.4 Å². The predicted molar refractivity (Wildman–Crippen MR) is 94.2 cm³/mol. The highest BCUT2D eigenvalue weighted by Gasteiger charge is 2.35. The molecule has 2 fully saturated rings. The Bertz CT molecular complexity index is 719. The van der Waals surface area contributed by atoms with Gasteiger partial charge in [0, 0.05) is 23.1 Å². The van der Waals surface area contributed by atoms with Crippen molar-refractivity contribution in [3.05, 3.63) is 34.6 Å². The summed E-state index contributed by atoms with van der Waals surface area (Å²) in [7, 11) is 0. The first kappa shape index (κ1) is 15.6. The molecular formula is C17H20BrN5O. The molecule has 0 radical (unpaired) electrons. The molecule has 1 saturated heterocycles. The molecule has 126 valence electrons. The normalized spacial score (nSPS) is 17.6. The minimum Gasteiger partial charge on any atom is -0.331 e. The summed E-state index contributed by atoms with van der Waals surface area (Å²) in [5.41, 5.74) is 0.942. The number of carbonyl (C=O) groups is 1. The van der Waals surface area contributed by atoms with E-state index in [0.29, 0.717) is 24.1 Å². The van der Waals surface area contributed by atoms with Gasteiger partial charge in [0.2, 0.25) is 0 Å². The Morgan fingerprint density at radius 3 is 2.71 bits per heavy atom. The molecule has 1 aromatic carbocycles. The number of nitrogens with zero attached hydrogens (tertiary/aromatic N) is 3. The van der Waals surface area contributed by atoms with E-state index < -0.39 is 0 Å². The number of hydrogen-bond donors (Lipinski definition) is 2. The summed E-state index contributed by atoms with van der Waals surface area (Å²) in [6.45, 7) is 2.15. The number of aromatic amines is 1. The van der Waals surface area contributed by atoms with Crippen molar-refractivity contribution in [3.8, 4) is 11.4 Å². The lowest BCUT2D eigenvalue weighted by atomic mass is 9.94.